The summed E-state index contributed by atoms with van der Waals surface area (Å²) in [5, 5.41) is 11.7. The van der Waals surface area contributed by atoms with Gasteiger partial charge in [-0.15, -0.1) is 0 Å². The molecule has 3 heterocycles. The molecule has 5 rings (SSSR count). The van der Waals surface area contributed by atoms with E-state index in [4.69, 9.17) is 8.83 Å². The molecule has 0 aliphatic rings. The molecule has 2 aromatic carbocycles. The van der Waals surface area contributed by atoms with Gasteiger partial charge in [-0.3, -0.25) is 4.79 Å². The standard InChI is InChI=1S/C22H13NO6/c1-10-20-15(14-5-4-13(25)8-19(14)29-22(20)27)9-17(23-10)16-6-11-2-3-12(24)7-18(11)28-21(16)26/h2-9,23-24H,1H3. The Morgan fingerprint density at radius 2 is 1.62 bits per heavy atom. The second-order valence-corrected chi connectivity index (χ2v) is 6.81. The summed E-state index contributed by atoms with van der Waals surface area (Å²) in [5.74, 6) is -0.00236. The van der Waals surface area contributed by atoms with E-state index in [1.54, 1.807) is 31.2 Å². The van der Waals surface area contributed by atoms with E-state index in [0.717, 1.165) is 0 Å². The van der Waals surface area contributed by atoms with Crippen LogP contribution in [0.3, 0.4) is 0 Å². The van der Waals surface area contributed by atoms with E-state index in [0.29, 0.717) is 32.9 Å². The number of hydrogen-bond donors (Lipinski definition) is 2. The van der Waals surface area contributed by atoms with Crippen molar-refractivity contribution in [3.05, 3.63) is 85.3 Å². The molecular formula is C22H13NO6. The van der Waals surface area contributed by atoms with Crippen molar-refractivity contribution in [3.63, 3.8) is 0 Å². The lowest BCUT2D eigenvalue weighted by atomic mass is 10.0. The van der Waals surface area contributed by atoms with Crippen LogP contribution in [0.15, 0.2) is 71.7 Å². The predicted octanol–water partition coefficient (Wildman–Crippen LogP) is 3.42. The molecular weight excluding hydrogens is 374 g/mol. The Morgan fingerprint density at radius 3 is 2.45 bits per heavy atom. The van der Waals surface area contributed by atoms with Crippen LogP contribution >= 0.6 is 0 Å². The van der Waals surface area contributed by atoms with Crippen molar-refractivity contribution in [2.75, 3.05) is 0 Å². The summed E-state index contributed by atoms with van der Waals surface area (Å²) in [5.41, 5.74) is 0.277. The van der Waals surface area contributed by atoms with Gasteiger partial charge in [0.05, 0.1) is 16.6 Å². The van der Waals surface area contributed by atoms with Crippen molar-refractivity contribution >= 4 is 32.7 Å². The van der Waals surface area contributed by atoms with E-state index in [9.17, 15) is 19.5 Å². The fraction of sp³-hybridized carbons (Fsp3) is 0.0455. The first-order valence-corrected chi connectivity index (χ1v) is 8.78. The van der Waals surface area contributed by atoms with Gasteiger partial charge in [-0.1, -0.05) is 0 Å². The molecule has 0 radical (unpaired) electrons. The molecule has 2 N–H and O–H groups in total. The molecule has 7 nitrogen and oxygen atoms in total. The van der Waals surface area contributed by atoms with Gasteiger partial charge in [0, 0.05) is 34.0 Å². The molecule has 142 valence electrons. The summed E-state index contributed by atoms with van der Waals surface area (Å²) in [7, 11) is 0. The number of aromatic nitrogens is 1. The van der Waals surface area contributed by atoms with E-state index in [2.05, 4.69) is 4.98 Å². The van der Waals surface area contributed by atoms with Crippen molar-refractivity contribution < 1.29 is 13.9 Å². The van der Waals surface area contributed by atoms with Gasteiger partial charge in [0.15, 0.2) is 5.43 Å². The number of nitrogens with one attached hydrogen (secondary N) is 1. The average Bonchev–Trinajstić information content (AvgIpc) is 2.66. The van der Waals surface area contributed by atoms with Crippen LogP contribution in [0.4, 0.5) is 0 Å². The zero-order valence-electron chi connectivity index (χ0n) is 15.1. The van der Waals surface area contributed by atoms with Gasteiger partial charge in [0.25, 0.3) is 0 Å². The van der Waals surface area contributed by atoms with E-state index >= 15 is 0 Å². The normalized spacial score (nSPS) is 11.5. The van der Waals surface area contributed by atoms with Crippen molar-refractivity contribution in [2.45, 2.75) is 6.92 Å². The Labute approximate surface area is 161 Å². The SMILES string of the molecule is Cc1[nH]c(-c2cc3ccc(O)cc3oc2=O)cc2c1c(=O)oc1cc(=O)ccc12. The second-order valence-electron chi connectivity index (χ2n) is 6.81. The largest absolute Gasteiger partial charge is 0.508 e. The number of benzene rings is 2. The summed E-state index contributed by atoms with van der Waals surface area (Å²) in [6.45, 7) is 1.71. The molecule has 0 saturated heterocycles. The molecule has 7 heteroatoms. The lowest BCUT2D eigenvalue weighted by Crippen LogP contribution is -2.08. The van der Waals surface area contributed by atoms with Crippen LogP contribution in [0.25, 0.3) is 44.0 Å². The lowest BCUT2D eigenvalue weighted by molar-refractivity contribution is 0.473. The third kappa shape index (κ3) is 2.63. The number of phenolic OH excluding ortho intramolecular Hbond substituents is 1. The Kier molecular flexibility index (Phi) is 3.48. The molecule has 0 aliphatic carbocycles. The first-order valence-electron chi connectivity index (χ1n) is 8.78. The molecule has 0 saturated carbocycles. The number of H-pyrrole nitrogens is 1. The maximum absolute atomic E-state index is 12.6. The zero-order valence-corrected chi connectivity index (χ0v) is 15.1. The average molecular weight is 387 g/mol. The van der Waals surface area contributed by atoms with Gasteiger partial charge < -0.3 is 18.9 Å². The van der Waals surface area contributed by atoms with Crippen molar-refractivity contribution in [1.29, 1.82) is 0 Å². The summed E-state index contributed by atoms with van der Waals surface area (Å²) >= 11 is 0. The molecule has 0 fully saturated rings. The van der Waals surface area contributed by atoms with Crippen LogP contribution in [-0.2, 0) is 0 Å². The molecule has 29 heavy (non-hydrogen) atoms. The molecule has 0 amide bonds. The highest BCUT2D eigenvalue weighted by Gasteiger charge is 2.15. The maximum Gasteiger partial charge on any atom is 0.345 e. The van der Waals surface area contributed by atoms with E-state index in [-0.39, 0.29) is 27.9 Å². The maximum atomic E-state index is 12.6. The fourth-order valence-corrected chi connectivity index (χ4v) is 3.59. The third-order valence-electron chi connectivity index (χ3n) is 4.91. The number of phenols is 1. The first kappa shape index (κ1) is 17.0. The van der Waals surface area contributed by atoms with Crippen LogP contribution in [0.5, 0.6) is 5.75 Å². The van der Waals surface area contributed by atoms with E-state index < -0.39 is 11.3 Å². The van der Waals surface area contributed by atoms with Gasteiger partial charge in [0.2, 0.25) is 0 Å². The number of aromatic hydroxyl groups is 1. The number of rotatable bonds is 1. The van der Waals surface area contributed by atoms with Gasteiger partial charge in [-0.25, -0.2) is 9.59 Å². The Hall–Kier alpha value is -4.13. The highest BCUT2D eigenvalue weighted by Crippen LogP contribution is 2.28. The number of fused-ring (bicyclic) bond motifs is 4. The highest BCUT2D eigenvalue weighted by molar-refractivity contribution is 6.06. The molecule has 0 bridgehead atoms. The van der Waals surface area contributed by atoms with Crippen molar-refractivity contribution in [2.24, 2.45) is 0 Å². The quantitative estimate of drug-likeness (QED) is 0.337. The fourth-order valence-electron chi connectivity index (χ4n) is 3.59. The van der Waals surface area contributed by atoms with Crippen LogP contribution in [0.2, 0.25) is 0 Å². The molecule has 0 atom stereocenters. The Bertz CT molecular complexity index is 1640. The number of aromatic amines is 1. The van der Waals surface area contributed by atoms with Crippen LogP contribution < -0.4 is 16.7 Å². The zero-order chi connectivity index (χ0) is 20.3. The van der Waals surface area contributed by atoms with Crippen molar-refractivity contribution in [3.8, 4) is 17.0 Å². The third-order valence-corrected chi connectivity index (χ3v) is 4.91. The predicted molar refractivity (Wildman–Crippen MR) is 108 cm³/mol. The Morgan fingerprint density at radius 1 is 0.828 bits per heavy atom. The van der Waals surface area contributed by atoms with Gasteiger partial charge in [-0.2, -0.15) is 0 Å². The molecule has 3 aromatic heterocycles. The van der Waals surface area contributed by atoms with E-state index in [1.165, 1.54) is 24.3 Å². The minimum Gasteiger partial charge on any atom is -0.508 e. The highest BCUT2D eigenvalue weighted by atomic mass is 16.4. The molecule has 0 aliphatic heterocycles. The lowest BCUT2D eigenvalue weighted by Gasteiger charge is -2.09. The van der Waals surface area contributed by atoms with E-state index in [1.807, 2.05) is 0 Å². The summed E-state index contributed by atoms with van der Waals surface area (Å²) in [6.07, 6.45) is 0. The monoisotopic (exact) mass is 387 g/mol. The summed E-state index contributed by atoms with van der Waals surface area (Å²) in [4.78, 5) is 39.7. The van der Waals surface area contributed by atoms with Gasteiger partial charge in [-0.05, 0) is 43.3 Å². The smallest absolute Gasteiger partial charge is 0.345 e. The van der Waals surface area contributed by atoms with Gasteiger partial charge in [0.1, 0.15) is 16.9 Å². The topological polar surface area (TPSA) is 114 Å². The minimum absolute atomic E-state index is 0.00236. The second kappa shape index (κ2) is 5.93. The molecule has 5 aromatic rings. The Balaban J connectivity index is 1.88. The molecule has 0 spiro atoms. The van der Waals surface area contributed by atoms with Crippen LogP contribution in [-0.4, -0.2) is 10.1 Å². The minimum atomic E-state index is -0.591. The van der Waals surface area contributed by atoms with Gasteiger partial charge >= 0.3 is 11.3 Å². The number of aryl methyl sites for hydroxylation is 1. The number of hydrogen-bond acceptors (Lipinski definition) is 6. The first-order chi connectivity index (χ1) is 13.9. The summed E-state index contributed by atoms with van der Waals surface area (Å²) < 4.78 is 10.6. The van der Waals surface area contributed by atoms with Crippen molar-refractivity contribution in [1.82, 2.24) is 4.98 Å². The number of pyridine rings is 1. The van der Waals surface area contributed by atoms with Crippen LogP contribution in [0.1, 0.15) is 5.69 Å². The van der Waals surface area contributed by atoms with Crippen LogP contribution in [0, 0.1) is 6.92 Å². The summed E-state index contributed by atoms with van der Waals surface area (Å²) in [6, 6.07) is 12.1. The molecule has 0 unspecified atom stereocenters.